The SMILES string of the molecule is CC#CC12C=CC(C(C)C)=CC1C2. The normalized spacial score (nSPS) is 34.8. The number of rotatable bonds is 1. The second-order valence-corrected chi connectivity index (χ2v) is 4.38. The molecule has 0 N–H and O–H groups in total. The molecule has 2 unspecified atom stereocenters. The van der Waals surface area contributed by atoms with Crippen molar-refractivity contribution in [3.63, 3.8) is 0 Å². The Balaban J connectivity index is 2.19. The van der Waals surface area contributed by atoms with Gasteiger partial charge >= 0.3 is 0 Å². The first kappa shape index (κ1) is 8.63. The van der Waals surface area contributed by atoms with Gasteiger partial charge in [-0.25, -0.2) is 0 Å². The summed E-state index contributed by atoms with van der Waals surface area (Å²) in [4.78, 5) is 0. The molecule has 0 heterocycles. The van der Waals surface area contributed by atoms with Crippen LogP contribution in [0, 0.1) is 29.1 Å². The monoisotopic (exact) mass is 172 g/mol. The lowest BCUT2D eigenvalue weighted by Crippen LogP contribution is -2.02. The average Bonchev–Trinajstić information content (AvgIpc) is 2.77. The minimum absolute atomic E-state index is 0.243. The molecule has 2 aliphatic carbocycles. The quantitative estimate of drug-likeness (QED) is 0.533. The van der Waals surface area contributed by atoms with Crippen molar-refractivity contribution < 1.29 is 0 Å². The van der Waals surface area contributed by atoms with Gasteiger partial charge in [0.1, 0.15) is 0 Å². The summed E-state index contributed by atoms with van der Waals surface area (Å²) < 4.78 is 0. The minimum Gasteiger partial charge on any atom is -0.106 e. The Kier molecular flexibility index (Phi) is 1.84. The van der Waals surface area contributed by atoms with Crippen molar-refractivity contribution in [1.29, 1.82) is 0 Å². The van der Waals surface area contributed by atoms with E-state index in [1.807, 2.05) is 6.92 Å². The first-order valence-corrected chi connectivity index (χ1v) is 5.03. The Morgan fingerprint density at radius 2 is 2.31 bits per heavy atom. The Hall–Kier alpha value is -0.960. The molecule has 0 spiro atoms. The molecule has 0 amide bonds. The first-order valence-electron chi connectivity index (χ1n) is 5.03. The molecule has 0 aromatic heterocycles. The van der Waals surface area contributed by atoms with Gasteiger partial charge in [0.2, 0.25) is 0 Å². The van der Waals surface area contributed by atoms with Gasteiger partial charge in [0.25, 0.3) is 0 Å². The highest BCUT2D eigenvalue weighted by molar-refractivity contribution is 5.43. The Bertz CT molecular complexity index is 333. The molecule has 2 rings (SSSR count). The molecular formula is C13H16. The van der Waals surface area contributed by atoms with E-state index in [1.165, 1.54) is 12.0 Å². The molecule has 2 atom stereocenters. The molecule has 0 aliphatic heterocycles. The van der Waals surface area contributed by atoms with Crippen molar-refractivity contribution in [3.8, 4) is 11.8 Å². The Labute approximate surface area is 80.7 Å². The molecule has 1 saturated carbocycles. The highest BCUT2D eigenvalue weighted by Crippen LogP contribution is 2.57. The summed E-state index contributed by atoms with van der Waals surface area (Å²) >= 11 is 0. The molecule has 0 heteroatoms. The maximum atomic E-state index is 3.31. The Morgan fingerprint density at radius 3 is 2.85 bits per heavy atom. The summed E-state index contributed by atoms with van der Waals surface area (Å²) in [5.74, 6) is 7.71. The second-order valence-electron chi connectivity index (χ2n) is 4.38. The zero-order valence-electron chi connectivity index (χ0n) is 8.59. The summed E-state index contributed by atoms with van der Waals surface area (Å²) in [6, 6.07) is 0. The van der Waals surface area contributed by atoms with Crippen LogP contribution in [0.1, 0.15) is 27.2 Å². The van der Waals surface area contributed by atoms with Gasteiger partial charge in [-0.2, -0.15) is 0 Å². The highest BCUT2D eigenvalue weighted by Gasteiger charge is 2.51. The topological polar surface area (TPSA) is 0 Å². The van der Waals surface area contributed by atoms with Crippen LogP contribution in [0.25, 0.3) is 0 Å². The van der Waals surface area contributed by atoms with E-state index >= 15 is 0 Å². The number of fused-ring (bicyclic) bond motifs is 1. The maximum absolute atomic E-state index is 3.31. The third-order valence-corrected chi connectivity index (χ3v) is 3.05. The zero-order valence-corrected chi connectivity index (χ0v) is 8.59. The van der Waals surface area contributed by atoms with Crippen LogP contribution in [-0.4, -0.2) is 0 Å². The van der Waals surface area contributed by atoms with Gasteiger partial charge in [-0.1, -0.05) is 38.0 Å². The van der Waals surface area contributed by atoms with Crippen LogP contribution in [0.5, 0.6) is 0 Å². The molecule has 1 fully saturated rings. The van der Waals surface area contributed by atoms with E-state index in [-0.39, 0.29) is 5.41 Å². The van der Waals surface area contributed by atoms with Crippen LogP contribution in [-0.2, 0) is 0 Å². The van der Waals surface area contributed by atoms with Crippen LogP contribution in [0.2, 0.25) is 0 Å². The van der Waals surface area contributed by atoms with E-state index in [2.05, 4.69) is 43.9 Å². The maximum Gasteiger partial charge on any atom is 0.0566 e. The molecule has 0 radical (unpaired) electrons. The molecule has 0 nitrogen and oxygen atoms in total. The summed E-state index contributed by atoms with van der Waals surface area (Å²) in [5, 5.41) is 0. The van der Waals surface area contributed by atoms with Crippen LogP contribution in [0.3, 0.4) is 0 Å². The van der Waals surface area contributed by atoms with E-state index in [9.17, 15) is 0 Å². The summed E-state index contributed by atoms with van der Waals surface area (Å²) in [6.07, 6.45) is 8.22. The minimum atomic E-state index is 0.243. The van der Waals surface area contributed by atoms with Crippen LogP contribution in [0.15, 0.2) is 23.8 Å². The molecule has 0 bridgehead atoms. The predicted octanol–water partition coefficient (Wildman–Crippen LogP) is 3.17. The van der Waals surface area contributed by atoms with Crippen molar-refractivity contribution in [1.82, 2.24) is 0 Å². The first-order chi connectivity index (χ1) is 6.18. The van der Waals surface area contributed by atoms with E-state index in [0.717, 1.165) is 0 Å². The lowest BCUT2D eigenvalue weighted by Gasteiger charge is -2.13. The molecule has 0 aromatic carbocycles. The lowest BCUT2D eigenvalue weighted by atomic mass is 9.91. The molecule has 13 heavy (non-hydrogen) atoms. The molecule has 0 aromatic rings. The molecule has 2 aliphatic rings. The predicted molar refractivity (Wildman–Crippen MR) is 56.1 cm³/mol. The third kappa shape index (κ3) is 1.33. The summed E-state index contributed by atoms with van der Waals surface area (Å²) in [6.45, 7) is 6.42. The largest absolute Gasteiger partial charge is 0.106 e. The van der Waals surface area contributed by atoms with Crippen LogP contribution < -0.4 is 0 Å². The highest BCUT2D eigenvalue weighted by atomic mass is 14.5. The molecular weight excluding hydrogens is 156 g/mol. The fraction of sp³-hybridized carbons (Fsp3) is 0.538. The van der Waals surface area contributed by atoms with E-state index < -0.39 is 0 Å². The van der Waals surface area contributed by atoms with Gasteiger partial charge in [0.05, 0.1) is 5.41 Å². The molecule has 68 valence electrons. The summed E-state index contributed by atoms with van der Waals surface area (Å²) in [5.41, 5.74) is 1.73. The van der Waals surface area contributed by atoms with Gasteiger partial charge in [0.15, 0.2) is 0 Å². The van der Waals surface area contributed by atoms with Crippen LogP contribution in [0.4, 0.5) is 0 Å². The van der Waals surface area contributed by atoms with Gasteiger partial charge in [-0.15, -0.1) is 5.92 Å². The van der Waals surface area contributed by atoms with Crippen molar-refractivity contribution in [2.24, 2.45) is 17.3 Å². The zero-order chi connectivity index (χ0) is 9.47. The van der Waals surface area contributed by atoms with Gasteiger partial charge in [-0.3, -0.25) is 0 Å². The van der Waals surface area contributed by atoms with Gasteiger partial charge in [0, 0.05) is 0 Å². The fourth-order valence-electron chi connectivity index (χ4n) is 2.04. The van der Waals surface area contributed by atoms with E-state index in [1.54, 1.807) is 0 Å². The lowest BCUT2D eigenvalue weighted by molar-refractivity contribution is 0.739. The van der Waals surface area contributed by atoms with Gasteiger partial charge in [-0.05, 0) is 30.8 Å². The second kappa shape index (κ2) is 2.77. The van der Waals surface area contributed by atoms with E-state index in [4.69, 9.17) is 0 Å². The number of allylic oxidation sites excluding steroid dienone is 4. The average molecular weight is 172 g/mol. The summed E-state index contributed by atoms with van der Waals surface area (Å²) in [7, 11) is 0. The van der Waals surface area contributed by atoms with Gasteiger partial charge < -0.3 is 0 Å². The third-order valence-electron chi connectivity index (χ3n) is 3.05. The van der Waals surface area contributed by atoms with Crippen molar-refractivity contribution >= 4 is 0 Å². The van der Waals surface area contributed by atoms with Crippen molar-refractivity contribution in [2.75, 3.05) is 0 Å². The van der Waals surface area contributed by atoms with Crippen molar-refractivity contribution in [2.45, 2.75) is 27.2 Å². The molecule has 0 saturated heterocycles. The van der Waals surface area contributed by atoms with Crippen LogP contribution >= 0.6 is 0 Å². The Morgan fingerprint density at radius 1 is 1.54 bits per heavy atom. The van der Waals surface area contributed by atoms with E-state index in [0.29, 0.717) is 11.8 Å². The van der Waals surface area contributed by atoms with Crippen molar-refractivity contribution in [3.05, 3.63) is 23.8 Å². The fourth-order valence-corrected chi connectivity index (χ4v) is 2.04. The number of hydrogen-bond acceptors (Lipinski definition) is 0. The smallest absolute Gasteiger partial charge is 0.0566 e. The number of hydrogen-bond donors (Lipinski definition) is 0. The standard InChI is InChI=1S/C13H16/c1-4-6-13-7-5-11(10(2)3)8-12(13)9-13/h5,7-8,10,12H,9H2,1-3H3.